The number of carbonyl (C=O) groups is 1. The van der Waals surface area contributed by atoms with Gasteiger partial charge >= 0.3 is 6.43 Å². The number of halogens is 2. The molecule has 0 spiro atoms. The number of aromatic nitrogens is 1. The number of amides is 1. The lowest BCUT2D eigenvalue weighted by atomic mass is 10.2. The maximum Gasteiger partial charge on any atom is 0.315 e. The SMILES string of the molecule is COc1ncccc1CNC(=O)C(F)F. The number of pyridine rings is 1. The van der Waals surface area contributed by atoms with Gasteiger partial charge in [-0.2, -0.15) is 8.78 Å². The van der Waals surface area contributed by atoms with E-state index >= 15 is 0 Å². The molecule has 1 rings (SSSR count). The van der Waals surface area contributed by atoms with E-state index in [1.807, 2.05) is 0 Å². The van der Waals surface area contributed by atoms with Crippen LogP contribution in [0, 0.1) is 0 Å². The summed E-state index contributed by atoms with van der Waals surface area (Å²) < 4.78 is 28.6. The number of ether oxygens (including phenoxy) is 1. The van der Waals surface area contributed by atoms with Gasteiger partial charge < -0.3 is 10.1 Å². The number of hydrogen-bond acceptors (Lipinski definition) is 3. The average molecular weight is 216 g/mol. The van der Waals surface area contributed by atoms with Gasteiger partial charge in [-0.1, -0.05) is 6.07 Å². The Morgan fingerprint density at radius 2 is 2.40 bits per heavy atom. The van der Waals surface area contributed by atoms with E-state index < -0.39 is 12.3 Å². The van der Waals surface area contributed by atoms with Crippen LogP contribution in [-0.2, 0) is 11.3 Å². The molecule has 0 bridgehead atoms. The standard InChI is InChI=1S/C9H10F2N2O2/c1-15-9-6(3-2-4-12-9)5-13-8(14)7(10)11/h2-4,7H,5H2,1H3,(H,13,14). The van der Waals surface area contributed by atoms with Crippen LogP contribution in [0.3, 0.4) is 0 Å². The maximum atomic E-state index is 11.9. The predicted molar refractivity (Wildman–Crippen MR) is 48.6 cm³/mol. The Labute approximate surface area is 85.3 Å². The second kappa shape index (κ2) is 5.23. The highest BCUT2D eigenvalue weighted by molar-refractivity contribution is 5.79. The van der Waals surface area contributed by atoms with Gasteiger partial charge in [0.25, 0.3) is 5.91 Å². The summed E-state index contributed by atoms with van der Waals surface area (Å²) in [6.07, 6.45) is -1.50. The van der Waals surface area contributed by atoms with Crippen LogP contribution < -0.4 is 10.1 Å². The van der Waals surface area contributed by atoms with E-state index in [2.05, 4.69) is 10.3 Å². The largest absolute Gasteiger partial charge is 0.481 e. The maximum absolute atomic E-state index is 11.9. The number of nitrogens with one attached hydrogen (secondary N) is 1. The van der Waals surface area contributed by atoms with Crippen LogP contribution in [0.15, 0.2) is 18.3 Å². The quantitative estimate of drug-likeness (QED) is 0.815. The van der Waals surface area contributed by atoms with Crippen molar-refractivity contribution in [2.75, 3.05) is 7.11 Å². The molecule has 0 aromatic carbocycles. The van der Waals surface area contributed by atoms with E-state index in [-0.39, 0.29) is 6.54 Å². The molecule has 0 radical (unpaired) electrons. The van der Waals surface area contributed by atoms with Crippen molar-refractivity contribution >= 4 is 5.91 Å². The molecule has 15 heavy (non-hydrogen) atoms. The highest BCUT2D eigenvalue weighted by Gasteiger charge is 2.15. The van der Waals surface area contributed by atoms with Crippen molar-refractivity contribution in [3.05, 3.63) is 23.9 Å². The van der Waals surface area contributed by atoms with E-state index in [9.17, 15) is 13.6 Å². The number of carbonyl (C=O) groups excluding carboxylic acids is 1. The van der Waals surface area contributed by atoms with Crippen molar-refractivity contribution in [3.8, 4) is 5.88 Å². The van der Waals surface area contributed by atoms with E-state index in [1.165, 1.54) is 13.3 Å². The summed E-state index contributed by atoms with van der Waals surface area (Å²) in [5.41, 5.74) is 0.550. The van der Waals surface area contributed by atoms with Crippen molar-refractivity contribution in [2.24, 2.45) is 0 Å². The molecule has 4 nitrogen and oxygen atoms in total. The minimum atomic E-state index is -3.01. The van der Waals surface area contributed by atoms with Gasteiger partial charge in [0.15, 0.2) is 0 Å². The number of methoxy groups -OCH3 is 1. The molecule has 0 aliphatic heterocycles. The first-order valence-electron chi connectivity index (χ1n) is 4.19. The third-order valence-corrected chi connectivity index (χ3v) is 1.69. The van der Waals surface area contributed by atoms with Crippen LogP contribution in [0.1, 0.15) is 5.56 Å². The van der Waals surface area contributed by atoms with Crippen molar-refractivity contribution in [3.63, 3.8) is 0 Å². The highest BCUT2D eigenvalue weighted by Crippen LogP contribution is 2.12. The molecule has 0 saturated heterocycles. The first-order chi connectivity index (χ1) is 7.15. The monoisotopic (exact) mass is 216 g/mol. The number of alkyl halides is 2. The van der Waals surface area contributed by atoms with Gasteiger partial charge in [0, 0.05) is 18.3 Å². The lowest BCUT2D eigenvalue weighted by Gasteiger charge is -2.07. The van der Waals surface area contributed by atoms with E-state index in [0.717, 1.165) is 0 Å². The predicted octanol–water partition coefficient (Wildman–Crippen LogP) is 0.971. The van der Waals surface area contributed by atoms with E-state index in [0.29, 0.717) is 11.4 Å². The van der Waals surface area contributed by atoms with Crippen molar-refractivity contribution < 1.29 is 18.3 Å². The van der Waals surface area contributed by atoms with Crippen molar-refractivity contribution in [1.82, 2.24) is 10.3 Å². The molecule has 1 aromatic rings. The summed E-state index contributed by atoms with van der Waals surface area (Å²) in [6.45, 7) is -0.0276. The summed E-state index contributed by atoms with van der Waals surface area (Å²) >= 11 is 0. The lowest BCUT2D eigenvalue weighted by Crippen LogP contribution is -2.29. The summed E-state index contributed by atoms with van der Waals surface area (Å²) in [5, 5.41) is 2.06. The third kappa shape index (κ3) is 3.16. The molecule has 0 aliphatic rings. The smallest absolute Gasteiger partial charge is 0.315 e. The fourth-order valence-electron chi connectivity index (χ4n) is 1.00. The zero-order valence-electron chi connectivity index (χ0n) is 8.04. The minimum Gasteiger partial charge on any atom is -0.481 e. The highest BCUT2D eigenvalue weighted by atomic mass is 19.3. The van der Waals surface area contributed by atoms with Gasteiger partial charge in [-0.25, -0.2) is 4.98 Å². The van der Waals surface area contributed by atoms with Crippen LogP contribution in [-0.4, -0.2) is 24.4 Å². The Hall–Kier alpha value is -1.72. The van der Waals surface area contributed by atoms with Gasteiger partial charge in [0.1, 0.15) is 0 Å². The Bertz CT molecular complexity index is 345. The molecule has 0 atom stereocenters. The zero-order valence-corrected chi connectivity index (χ0v) is 8.04. The summed E-state index contributed by atoms with van der Waals surface area (Å²) in [7, 11) is 1.42. The van der Waals surface area contributed by atoms with Crippen molar-refractivity contribution in [2.45, 2.75) is 13.0 Å². The minimum absolute atomic E-state index is 0.0276. The molecule has 1 N–H and O–H groups in total. The topological polar surface area (TPSA) is 51.2 Å². The second-order valence-electron chi connectivity index (χ2n) is 2.69. The molecule has 0 aliphatic carbocycles. The summed E-state index contributed by atoms with van der Waals surface area (Å²) in [5.74, 6) is -0.993. The van der Waals surface area contributed by atoms with Gasteiger partial charge in [0.05, 0.1) is 7.11 Å². The molecule has 1 aromatic heterocycles. The molecule has 82 valence electrons. The molecule has 1 heterocycles. The molecule has 0 unspecified atom stereocenters. The number of rotatable bonds is 4. The third-order valence-electron chi connectivity index (χ3n) is 1.69. The van der Waals surface area contributed by atoms with Crippen LogP contribution >= 0.6 is 0 Å². The zero-order chi connectivity index (χ0) is 11.3. The van der Waals surface area contributed by atoms with E-state index in [1.54, 1.807) is 12.1 Å². The van der Waals surface area contributed by atoms with Crippen LogP contribution in [0.4, 0.5) is 8.78 Å². The molecular weight excluding hydrogens is 206 g/mol. The first kappa shape index (κ1) is 11.4. The van der Waals surface area contributed by atoms with Crippen LogP contribution in [0.2, 0.25) is 0 Å². The lowest BCUT2D eigenvalue weighted by molar-refractivity contribution is -0.131. The summed E-state index contributed by atoms with van der Waals surface area (Å²) in [6, 6.07) is 3.27. The fraction of sp³-hybridized carbons (Fsp3) is 0.333. The average Bonchev–Trinajstić information content (AvgIpc) is 2.26. The second-order valence-corrected chi connectivity index (χ2v) is 2.69. The fourth-order valence-corrected chi connectivity index (χ4v) is 1.00. The Kier molecular flexibility index (Phi) is 3.96. The van der Waals surface area contributed by atoms with Crippen LogP contribution in [0.5, 0.6) is 5.88 Å². The molecule has 1 amide bonds. The van der Waals surface area contributed by atoms with Gasteiger partial charge in [-0.05, 0) is 6.07 Å². The number of nitrogens with zero attached hydrogens (tertiary/aromatic N) is 1. The Morgan fingerprint density at radius 1 is 1.67 bits per heavy atom. The summed E-state index contributed by atoms with van der Waals surface area (Å²) in [4.78, 5) is 14.5. The normalized spacial score (nSPS) is 10.1. The van der Waals surface area contributed by atoms with Gasteiger partial charge in [-0.3, -0.25) is 4.79 Å². The molecule has 0 fully saturated rings. The van der Waals surface area contributed by atoms with E-state index in [4.69, 9.17) is 4.74 Å². The first-order valence-corrected chi connectivity index (χ1v) is 4.19. The Morgan fingerprint density at radius 3 is 3.00 bits per heavy atom. The number of hydrogen-bond donors (Lipinski definition) is 1. The molecular formula is C9H10F2N2O2. The molecule has 0 saturated carbocycles. The molecule has 6 heteroatoms. The Balaban J connectivity index is 2.61. The van der Waals surface area contributed by atoms with Gasteiger partial charge in [-0.15, -0.1) is 0 Å². The van der Waals surface area contributed by atoms with Crippen molar-refractivity contribution in [1.29, 1.82) is 0 Å². The van der Waals surface area contributed by atoms with Crippen LogP contribution in [0.25, 0.3) is 0 Å². The van der Waals surface area contributed by atoms with Gasteiger partial charge in [0.2, 0.25) is 5.88 Å².